The summed E-state index contributed by atoms with van der Waals surface area (Å²) in [5.74, 6) is -1.17. The molecule has 226 valence electrons. The zero-order valence-corrected chi connectivity index (χ0v) is 25.6. The number of benzene rings is 3. The number of fused-ring (bicyclic) bond motifs is 3. The van der Waals surface area contributed by atoms with Crippen LogP contribution in [0.3, 0.4) is 0 Å². The third kappa shape index (κ3) is 6.30. The molecule has 5 aromatic rings. The summed E-state index contributed by atoms with van der Waals surface area (Å²) in [4.78, 5) is 45.6. The van der Waals surface area contributed by atoms with Gasteiger partial charge in [0.1, 0.15) is 11.4 Å². The van der Waals surface area contributed by atoms with Gasteiger partial charge >= 0.3 is 5.97 Å². The van der Waals surface area contributed by atoms with Gasteiger partial charge in [-0.3, -0.25) is 9.59 Å². The predicted molar refractivity (Wildman–Crippen MR) is 175 cm³/mol. The van der Waals surface area contributed by atoms with Crippen LogP contribution in [0, 0.1) is 0 Å². The maximum atomic E-state index is 14.0. The second kappa shape index (κ2) is 12.9. The Labute approximate surface area is 268 Å². The number of nitrogens with zero attached hydrogens (tertiary/aromatic N) is 1. The highest BCUT2D eigenvalue weighted by atomic mass is 35.5. The monoisotopic (exact) mass is 638 g/mol. The fourth-order valence-electron chi connectivity index (χ4n) is 5.07. The van der Waals surface area contributed by atoms with Gasteiger partial charge in [0, 0.05) is 56.5 Å². The molecule has 1 aliphatic rings. The van der Waals surface area contributed by atoms with E-state index in [0.717, 1.165) is 21.6 Å². The molecular formula is C34H27ClN4O5S. The molecule has 45 heavy (non-hydrogen) atoms. The number of methoxy groups -OCH3 is 1. The van der Waals surface area contributed by atoms with Crippen molar-refractivity contribution in [3.8, 4) is 27.3 Å². The number of hydrogen-bond donors (Lipinski definition) is 3. The van der Waals surface area contributed by atoms with Crippen LogP contribution in [0.25, 0.3) is 21.6 Å². The van der Waals surface area contributed by atoms with Crippen molar-refractivity contribution in [2.24, 2.45) is 5.73 Å². The van der Waals surface area contributed by atoms with E-state index in [1.807, 2.05) is 17.5 Å². The first-order valence-corrected chi connectivity index (χ1v) is 15.2. The smallest absolute Gasteiger partial charge is 0.357 e. The number of nitrogens with two attached hydrogens (primary N) is 1. The van der Waals surface area contributed by atoms with Gasteiger partial charge in [0.15, 0.2) is 5.69 Å². The molecule has 2 aromatic heterocycles. The van der Waals surface area contributed by atoms with E-state index in [4.69, 9.17) is 26.8 Å². The summed E-state index contributed by atoms with van der Waals surface area (Å²) in [6.07, 6.45) is 0.712. The van der Waals surface area contributed by atoms with Crippen molar-refractivity contribution >= 4 is 52.1 Å². The topological polar surface area (TPSA) is 133 Å². The summed E-state index contributed by atoms with van der Waals surface area (Å²) in [6, 6.07) is 22.5. The first-order valence-electron chi connectivity index (χ1n) is 14.0. The van der Waals surface area contributed by atoms with Crippen LogP contribution in [0.4, 0.5) is 11.4 Å². The van der Waals surface area contributed by atoms with Crippen molar-refractivity contribution in [2.75, 3.05) is 24.4 Å². The second-order valence-corrected chi connectivity index (χ2v) is 11.5. The van der Waals surface area contributed by atoms with E-state index in [1.54, 1.807) is 65.9 Å². The number of hydrogen-bond acceptors (Lipinski definition) is 8. The highest BCUT2D eigenvalue weighted by Crippen LogP contribution is 2.43. The van der Waals surface area contributed by atoms with E-state index in [2.05, 4.69) is 21.7 Å². The van der Waals surface area contributed by atoms with Crippen molar-refractivity contribution in [3.63, 3.8) is 0 Å². The summed E-state index contributed by atoms with van der Waals surface area (Å²) in [7, 11) is 1.23. The van der Waals surface area contributed by atoms with Gasteiger partial charge in [0.25, 0.3) is 11.8 Å². The van der Waals surface area contributed by atoms with Crippen LogP contribution in [-0.2, 0) is 17.7 Å². The van der Waals surface area contributed by atoms with Gasteiger partial charge in [-0.05, 0) is 77.2 Å². The number of nitrogens with one attached hydrogen (secondary N) is 2. The minimum absolute atomic E-state index is 0.0284. The molecule has 0 saturated heterocycles. The lowest BCUT2D eigenvalue weighted by Crippen LogP contribution is -2.18. The van der Waals surface area contributed by atoms with Gasteiger partial charge in [0.2, 0.25) is 0 Å². The molecule has 0 aliphatic carbocycles. The molecule has 0 radical (unpaired) electrons. The Hall–Kier alpha value is -5.03. The lowest BCUT2D eigenvalue weighted by atomic mass is 9.93. The lowest BCUT2D eigenvalue weighted by molar-refractivity contribution is 0.0594. The molecule has 3 heterocycles. The standard InChI is InChI=1S/C34H27ClN4O5S/c1-43-34(42)30-24(9-10-28(39-30)33(41)38-23-4-2-3-21(35)15-23)25-17-29-27(31-20(11-13-44-29)12-14-45-31)16-26(25)32(40)37-22-7-5-19(18-36)6-8-22/h2-10,12,14-17H,11,13,18,36H2,1H3,(H,37,40)(H,38,41). The lowest BCUT2D eigenvalue weighted by Gasteiger charge is -2.17. The molecule has 9 nitrogen and oxygen atoms in total. The number of rotatable bonds is 7. The molecule has 0 bridgehead atoms. The number of ether oxygens (including phenoxy) is 2. The Balaban J connectivity index is 1.47. The van der Waals surface area contributed by atoms with Crippen molar-refractivity contribution in [1.29, 1.82) is 0 Å². The first kappa shape index (κ1) is 30.0. The first-order chi connectivity index (χ1) is 21.8. The van der Waals surface area contributed by atoms with Gasteiger partial charge in [0.05, 0.1) is 13.7 Å². The highest BCUT2D eigenvalue weighted by Gasteiger charge is 2.27. The summed E-state index contributed by atoms with van der Waals surface area (Å²) in [5, 5.41) is 8.15. The van der Waals surface area contributed by atoms with E-state index in [9.17, 15) is 14.4 Å². The SMILES string of the molecule is COC(=O)c1nc(C(=O)Nc2cccc(Cl)c2)ccc1-c1cc2c(cc1C(=O)Nc1ccc(CN)cc1)-c1sccc1CCO2. The van der Waals surface area contributed by atoms with Gasteiger partial charge < -0.3 is 25.8 Å². The Morgan fingerprint density at radius 1 is 0.933 bits per heavy atom. The molecule has 3 aromatic carbocycles. The maximum absolute atomic E-state index is 14.0. The number of pyridine rings is 1. The molecule has 0 fully saturated rings. The maximum Gasteiger partial charge on any atom is 0.357 e. The molecule has 0 unspecified atom stereocenters. The predicted octanol–water partition coefficient (Wildman–Crippen LogP) is 6.82. The van der Waals surface area contributed by atoms with Gasteiger partial charge in [-0.25, -0.2) is 9.78 Å². The molecule has 2 amide bonds. The minimum Gasteiger partial charge on any atom is -0.493 e. The number of anilines is 2. The van der Waals surface area contributed by atoms with Crippen LogP contribution < -0.4 is 21.1 Å². The summed E-state index contributed by atoms with van der Waals surface area (Å²) in [5.41, 5.74) is 10.4. The summed E-state index contributed by atoms with van der Waals surface area (Å²) in [6.45, 7) is 0.822. The third-order valence-corrected chi connectivity index (χ3v) is 8.54. The molecular weight excluding hydrogens is 612 g/mol. The Morgan fingerprint density at radius 2 is 1.73 bits per heavy atom. The number of carbonyl (C=O) groups is 3. The number of aromatic nitrogens is 1. The zero-order chi connectivity index (χ0) is 31.5. The van der Waals surface area contributed by atoms with E-state index < -0.39 is 17.8 Å². The van der Waals surface area contributed by atoms with Gasteiger partial charge in [-0.15, -0.1) is 11.3 Å². The zero-order valence-electron chi connectivity index (χ0n) is 24.1. The average Bonchev–Trinajstić information content (AvgIpc) is 3.45. The van der Waals surface area contributed by atoms with Gasteiger partial charge in [-0.2, -0.15) is 0 Å². The second-order valence-electron chi connectivity index (χ2n) is 10.2. The number of carbonyl (C=O) groups excluding carboxylic acids is 3. The molecule has 11 heteroatoms. The number of esters is 1. The van der Waals surface area contributed by atoms with E-state index in [1.165, 1.54) is 13.2 Å². The fourth-order valence-corrected chi connectivity index (χ4v) is 6.23. The molecule has 6 rings (SSSR count). The molecule has 0 saturated carbocycles. The van der Waals surface area contributed by atoms with E-state index in [0.29, 0.717) is 52.8 Å². The third-order valence-electron chi connectivity index (χ3n) is 7.31. The molecule has 1 aliphatic heterocycles. The Kier molecular flexibility index (Phi) is 8.61. The van der Waals surface area contributed by atoms with E-state index >= 15 is 0 Å². The van der Waals surface area contributed by atoms with Crippen LogP contribution in [-0.4, -0.2) is 36.5 Å². The quantitative estimate of drug-likeness (QED) is 0.167. The minimum atomic E-state index is -0.775. The summed E-state index contributed by atoms with van der Waals surface area (Å²) >= 11 is 7.63. The van der Waals surface area contributed by atoms with Crippen LogP contribution >= 0.6 is 22.9 Å². The normalized spacial score (nSPS) is 11.8. The van der Waals surface area contributed by atoms with Crippen molar-refractivity contribution in [3.05, 3.63) is 117 Å². The van der Waals surface area contributed by atoms with E-state index in [-0.39, 0.29) is 17.0 Å². The van der Waals surface area contributed by atoms with Crippen molar-refractivity contribution in [2.45, 2.75) is 13.0 Å². The molecule has 0 spiro atoms. The Bertz CT molecular complexity index is 1940. The highest BCUT2D eigenvalue weighted by molar-refractivity contribution is 7.13. The number of thiophene rings is 1. The largest absolute Gasteiger partial charge is 0.493 e. The molecule has 0 atom stereocenters. The summed E-state index contributed by atoms with van der Waals surface area (Å²) < 4.78 is 11.2. The fraction of sp³-hybridized carbons (Fsp3) is 0.118. The van der Waals surface area contributed by atoms with Crippen LogP contribution in [0.15, 0.2) is 84.2 Å². The van der Waals surface area contributed by atoms with Crippen LogP contribution in [0.5, 0.6) is 5.75 Å². The molecule has 4 N–H and O–H groups in total. The average molecular weight is 639 g/mol. The van der Waals surface area contributed by atoms with Crippen LogP contribution in [0.2, 0.25) is 5.02 Å². The van der Waals surface area contributed by atoms with Crippen molar-refractivity contribution < 1.29 is 23.9 Å². The van der Waals surface area contributed by atoms with Crippen molar-refractivity contribution in [1.82, 2.24) is 4.98 Å². The Morgan fingerprint density at radius 3 is 2.49 bits per heavy atom. The number of halogens is 1. The van der Waals surface area contributed by atoms with Gasteiger partial charge in [-0.1, -0.05) is 29.8 Å². The number of amides is 2. The van der Waals surface area contributed by atoms with Crippen LogP contribution in [0.1, 0.15) is 42.5 Å².